The van der Waals surface area contributed by atoms with Gasteiger partial charge in [0.1, 0.15) is 5.75 Å². The van der Waals surface area contributed by atoms with E-state index in [1.54, 1.807) is 7.11 Å². The number of nitrogens with zero attached hydrogens (tertiary/aromatic N) is 1. The third-order valence-electron chi connectivity index (χ3n) is 5.39. The fourth-order valence-corrected chi connectivity index (χ4v) is 4.80. The van der Waals surface area contributed by atoms with Gasteiger partial charge in [-0.15, -0.1) is 0 Å². The molecule has 4 rings (SSSR count). The van der Waals surface area contributed by atoms with Gasteiger partial charge in [0.15, 0.2) is 0 Å². The Balaban J connectivity index is 1.29. The molecule has 0 radical (unpaired) electrons. The van der Waals surface area contributed by atoms with Crippen LogP contribution in [0.1, 0.15) is 17.5 Å². The molecule has 0 fully saturated rings. The predicted molar refractivity (Wildman–Crippen MR) is 123 cm³/mol. The second kappa shape index (κ2) is 9.38. The SMILES string of the molecule is COc1ccc(CCN(C)CCCc2cccc3c2Sc2ccccc2N3)cc1. The Morgan fingerprint density at radius 3 is 2.48 bits per heavy atom. The number of para-hydroxylation sites is 1. The molecule has 0 bridgehead atoms. The van der Waals surface area contributed by atoms with Crippen molar-refractivity contribution < 1.29 is 4.74 Å². The highest BCUT2D eigenvalue weighted by atomic mass is 32.2. The van der Waals surface area contributed by atoms with Crippen molar-refractivity contribution in [3.63, 3.8) is 0 Å². The minimum atomic E-state index is 0.920. The van der Waals surface area contributed by atoms with Crippen LogP contribution in [0.5, 0.6) is 5.75 Å². The molecule has 3 aromatic rings. The second-order valence-corrected chi connectivity index (χ2v) is 8.57. The highest BCUT2D eigenvalue weighted by Crippen LogP contribution is 2.45. The first-order chi connectivity index (χ1) is 14.2. The predicted octanol–water partition coefficient (Wildman–Crippen LogP) is 6.01. The normalized spacial score (nSPS) is 12.2. The molecule has 150 valence electrons. The summed E-state index contributed by atoms with van der Waals surface area (Å²) in [5.41, 5.74) is 5.24. The van der Waals surface area contributed by atoms with Crippen LogP contribution in [0.3, 0.4) is 0 Å². The number of hydrogen-bond acceptors (Lipinski definition) is 4. The number of benzene rings is 3. The van der Waals surface area contributed by atoms with Gasteiger partial charge in [-0.3, -0.25) is 0 Å². The summed E-state index contributed by atoms with van der Waals surface area (Å²) in [4.78, 5) is 5.12. The molecular formula is C25H28N2OS. The highest BCUT2D eigenvalue weighted by Gasteiger charge is 2.17. The van der Waals surface area contributed by atoms with Crippen molar-refractivity contribution >= 4 is 23.1 Å². The van der Waals surface area contributed by atoms with Crippen molar-refractivity contribution in [2.24, 2.45) is 0 Å². The largest absolute Gasteiger partial charge is 0.497 e. The Morgan fingerprint density at radius 1 is 0.862 bits per heavy atom. The van der Waals surface area contributed by atoms with Crippen molar-refractivity contribution in [1.82, 2.24) is 4.90 Å². The van der Waals surface area contributed by atoms with E-state index in [0.717, 1.165) is 38.1 Å². The van der Waals surface area contributed by atoms with Crippen LogP contribution in [-0.4, -0.2) is 32.1 Å². The average Bonchev–Trinajstić information content (AvgIpc) is 2.77. The molecule has 0 saturated heterocycles. The lowest BCUT2D eigenvalue weighted by Crippen LogP contribution is -2.23. The molecule has 4 heteroatoms. The first-order valence-electron chi connectivity index (χ1n) is 10.2. The summed E-state index contributed by atoms with van der Waals surface area (Å²) in [6.07, 6.45) is 3.34. The standard InChI is InChI=1S/C25H28N2OS/c1-27(18-16-19-12-14-21(28-2)15-13-19)17-6-8-20-7-5-10-23-25(20)29-24-11-4-3-9-22(24)26-23/h3-5,7,9-15,26H,6,8,16-18H2,1-2H3. The number of rotatable bonds is 8. The van der Waals surface area contributed by atoms with Crippen LogP contribution in [0, 0.1) is 0 Å². The first kappa shape index (κ1) is 19.9. The van der Waals surface area contributed by atoms with Crippen LogP contribution in [0.4, 0.5) is 11.4 Å². The quantitative estimate of drug-likeness (QED) is 0.389. The summed E-state index contributed by atoms with van der Waals surface area (Å²) in [7, 11) is 3.93. The second-order valence-electron chi connectivity index (χ2n) is 7.52. The van der Waals surface area contributed by atoms with E-state index < -0.39 is 0 Å². The number of hydrogen-bond donors (Lipinski definition) is 1. The minimum Gasteiger partial charge on any atom is -0.497 e. The van der Waals surface area contributed by atoms with Gasteiger partial charge in [-0.1, -0.05) is 48.2 Å². The van der Waals surface area contributed by atoms with Gasteiger partial charge in [0.05, 0.1) is 18.5 Å². The lowest BCUT2D eigenvalue weighted by atomic mass is 10.1. The minimum absolute atomic E-state index is 0.920. The molecule has 0 aliphatic carbocycles. The molecule has 1 aliphatic heterocycles. The molecule has 0 unspecified atom stereocenters. The topological polar surface area (TPSA) is 24.5 Å². The maximum Gasteiger partial charge on any atom is 0.118 e. The first-order valence-corrected chi connectivity index (χ1v) is 11.0. The Kier molecular flexibility index (Phi) is 6.43. The molecule has 0 aromatic heterocycles. The van der Waals surface area contributed by atoms with E-state index in [2.05, 4.69) is 71.9 Å². The maximum atomic E-state index is 5.23. The van der Waals surface area contributed by atoms with Crippen LogP contribution >= 0.6 is 11.8 Å². The molecule has 0 spiro atoms. The number of aryl methyl sites for hydroxylation is 1. The van der Waals surface area contributed by atoms with Crippen molar-refractivity contribution in [3.05, 3.63) is 77.9 Å². The number of fused-ring (bicyclic) bond motifs is 2. The van der Waals surface area contributed by atoms with Crippen LogP contribution in [0.25, 0.3) is 0 Å². The molecule has 29 heavy (non-hydrogen) atoms. The van der Waals surface area contributed by atoms with Gasteiger partial charge in [0.25, 0.3) is 0 Å². The monoisotopic (exact) mass is 404 g/mol. The average molecular weight is 405 g/mol. The van der Waals surface area contributed by atoms with Gasteiger partial charge >= 0.3 is 0 Å². The fourth-order valence-electron chi connectivity index (χ4n) is 3.68. The van der Waals surface area contributed by atoms with Crippen LogP contribution in [-0.2, 0) is 12.8 Å². The van der Waals surface area contributed by atoms with E-state index in [4.69, 9.17) is 4.74 Å². The lowest BCUT2D eigenvalue weighted by molar-refractivity contribution is 0.333. The molecule has 3 nitrogen and oxygen atoms in total. The lowest BCUT2D eigenvalue weighted by Gasteiger charge is -2.23. The van der Waals surface area contributed by atoms with Gasteiger partial charge in [0.2, 0.25) is 0 Å². The molecule has 1 N–H and O–H groups in total. The zero-order valence-electron chi connectivity index (χ0n) is 17.2. The van der Waals surface area contributed by atoms with Crippen LogP contribution in [0.15, 0.2) is 76.5 Å². The Hall–Kier alpha value is -2.43. The zero-order chi connectivity index (χ0) is 20.1. The zero-order valence-corrected chi connectivity index (χ0v) is 18.0. The third kappa shape index (κ3) is 4.95. The molecule has 1 heterocycles. The highest BCUT2D eigenvalue weighted by molar-refractivity contribution is 7.99. The van der Waals surface area contributed by atoms with E-state index in [1.165, 1.54) is 32.3 Å². The molecule has 1 aliphatic rings. The number of anilines is 2. The smallest absolute Gasteiger partial charge is 0.118 e. The van der Waals surface area contributed by atoms with Crippen LogP contribution < -0.4 is 10.1 Å². The van der Waals surface area contributed by atoms with Crippen molar-refractivity contribution in [3.8, 4) is 5.75 Å². The van der Waals surface area contributed by atoms with E-state index in [0.29, 0.717) is 0 Å². The van der Waals surface area contributed by atoms with E-state index >= 15 is 0 Å². The van der Waals surface area contributed by atoms with Crippen molar-refractivity contribution in [2.45, 2.75) is 29.1 Å². The van der Waals surface area contributed by atoms with E-state index in [-0.39, 0.29) is 0 Å². The Labute approximate surface area is 178 Å². The van der Waals surface area contributed by atoms with Gasteiger partial charge in [-0.05, 0) is 74.3 Å². The molecule has 0 atom stereocenters. The Morgan fingerprint density at radius 2 is 1.66 bits per heavy atom. The van der Waals surface area contributed by atoms with Crippen molar-refractivity contribution in [1.29, 1.82) is 0 Å². The summed E-state index contributed by atoms with van der Waals surface area (Å²) >= 11 is 1.89. The number of methoxy groups -OCH3 is 1. The van der Waals surface area contributed by atoms with E-state index in [9.17, 15) is 0 Å². The van der Waals surface area contributed by atoms with E-state index in [1.807, 2.05) is 23.9 Å². The molecule has 0 amide bonds. The van der Waals surface area contributed by atoms with Crippen LogP contribution in [0.2, 0.25) is 0 Å². The van der Waals surface area contributed by atoms with Gasteiger partial charge < -0.3 is 15.0 Å². The summed E-state index contributed by atoms with van der Waals surface area (Å²) in [6.45, 7) is 2.18. The van der Waals surface area contributed by atoms with Gasteiger partial charge in [-0.2, -0.15) is 0 Å². The summed E-state index contributed by atoms with van der Waals surface area (Å²) < 4.78 is 5.23. The molecule has 0 saturated carbocycles. The maximum absolute atomic E-state index is 5.23. The summed E-state index contributed by atoms with van der Waals surface area (Å²) in [6, 6.07) is 23.6. The Bertz CT molecular complexity index is 955. The summed E-state index contributed by atoms with van der Waals surface area (Å²) in [5, 5.41) is 3.59. The number of likely N-dealkylation sites (N-methyl/N-ethyl adjacent to an activating group) is 1. The number of nitrogens with one attached hydrogen (secondary N) is 1. The number of ether oxygens (including phenoxy) is 1. The van der Waals surface area contributed by atoms with Crippen molar-refractivity contribution in [2.75, 3.05) is 32.6 Å². The molecular weight excluding hydrogens is 376 g/mol. The fraction of sp³-hybridized carbons (Fsp3) is 0.280. The molecule has 3 aromatic carbocycles. The van der Waals surface area contributed by atoms with Gasteiger partial charge in [0, 0.05) is 16.3 Å². The third-order valence-corrected chi connectivity index (χ3v) is 6.65. The van der Waals surface area contributed by atoms with Gasteiger partial charge in [-0.25, -0.2) is 0 Å². The summed E-state index contributed by atoms with van der Waals surface area (Å²) in [5.74, 6) is 0.920.